The third-order valence-corrected chi connectivity index (χ3v) is 2.33. The van der Waals surface area contributed by atoms with Crippen LogP contribution in [0.5, 0.6) is 5.75 Å². The van der Waals surface area contributed by atoms with Gasteiger partial charge in [-0.3, -0.25) is 0 Å². The quantitative estimate of drug-likeness (QED) is 0.847. The lowest BCUT2D eigenvalue weighted by Gasteiger charge is -2.06. The molecule has 2 aromatic carbocycles. The molecule has 0 atom stereocenters. The Kier molecular flexibility index (Phi) is 3.57. The molecule has 0 aromatic heterocycles. The average Bonchev–Trinajstić information content (AvgIpc) is 2.38. The molecule has 0 radical (unpaired) electrons. The number of benzene rings is 2. The van der Waals surface area contributed by atoms with Crippen LogP contribution in [0.3, 0.4) is 0 Å². The van der Waals surface area contributed by atoms with Crippen molar-refractivity contribution in [1.82, 2.24) is 0 Å². The van der Waals surface area contributed by atoms with Gasteiger partial charge in [-0.05, 0) is 23.3 Å². The smallest absolute Gasteiger partial charge is 0.119 e. The Morgan fingerprint density at radius 1 is 0.875 bits per heavy atom. The molecule has 0 bridgehead atoms. The summed E-state index contributed by atoms with van der Waals surface area (Å²) in [4.78, 5) is 0. The summed E-state index contributed by atoms with van der Waals surface area (Å²) in [6.07, 6.45) is 0. The van der Waals surface area contributed by atoms with Gasteiger partial charge in [-0.15, -0.1) is 0 Å². The van der Waals surface area contributed by atoms with E-state index in [1.807, 2.05) is 36.4 Å². The normalized spacial score (nSPS) is 10.1. The Labute approximate surface area is 95.7 Å². The van der Waals surface area contributed by atoms with Gasteiger partial charge < -0.3 is 10.5 Å². The predicted molar refractivity (Wildman–Crippen MR) is 66.4 cm³/mol. The summed E-state index contributed by atoms with van der Waals surface area (Å²) in [7, 11) is 0. The minimum atomic E-state index is 0.537. The summed E-state index contributed by atoms with van der Waals surface area (Å²) in [5.74, 6) is 0.867. The zero-order valence-corrected chi connectivity index (χ0v) is 9.10. The summed E-state index contributed by atoms with van der Waals surface area (Å²) in [5, 5.41) is 0. The number of hydrogen-bond donors (Lipinski definition) is 1. The molecule has 0 saturated carbocycles. The van der Waals surface area contributed by atoms with Crippen LogP contribution in [0.15, 0.2) is 54.6 Å². The van der Waals surface area contributed by atoms with Gasteiger partial charge in [0.2, 0.25) is 0 Å². The van der Waals surface area contributed by atoms with Crippen molar-refractivity contribution in [2.24, 2.45) is 5.73 Å². The van der Waals surface area contributed by atoms with Crippen LogP contribution in [0.2, 0.25) is 0 Å². The van der Waals surface area contributed by atoms with Crippen molar-refractivity contribution in [3.8, 4) is 16.9 Å². The number of nitrogens with two attached hydrogens (primary N) is 1. The van der Waals surface area contributed by atoms with Crippen molar-refractivity contribution in [3.63, 3.8) is 0 Å². The number of hydrogen-bond acceptors (Lipinski definition) is 2. The van der Waals surface area contributed by atoms with Crippen LogP contribution in [0, 0.1) is 0 Å². The largest absolute Gasteiger partial charge is 0.492 e. The van der Waals surface area contributed by atoms with Crippen molar-refractivity contribution in [1.29, 1.82) is 0 Å². The SMILES string of the molecule is NCCOc1cccc(-c2ccccc2)c1. The topological polar surface area (TPSA) is 35.2 Å². The second-order valence-corrected chi connectivity index (χ2v) is 3.53. The van der Waals surface area contributed by atoms with Gasteiger partial charge in [0.25, 0.3) is 0 Å². The van der Waals surface area contributed by atoms with Crippen molar-refractivity contribution in [2.45, 2.75) is 0 Å². The Hall–Kier alpha value is -1.80. The van der Waals surface area contributed by atoms with E-state index in [1.165, 1.54) is 5.56 Å². The highest BCUT2D eigenvalue weighted by molar-refractivity contribution is 5.64. The minimum Gasteiger partial charge on any atom is -0.492 e. The molecule has 0 amide bonds. The van der Waals surface area contributed by atoms with Crippen LogP contribution >= 0.6 is 0 Å². The second-order valence-electron chi connectivity index (χ2n) is 3.53. The van der Waals surface area contributed by atoms with E-state index in [0.717, 1.165) is 11.3 Å². The van der Waals surface area contributed by atoms with E-state index in [-0.39, 0.29) is 0 Å². The fourth-order valence-electron chi connectivity index (χ4n) is 1.57. The summed E-state index contributed by atoms with van der Waals surface area (Å²) in [6, 6.07) is 18.3. The Bertz CT molecular complexity index is 439. The minimum absolute atomic E-state index is 0.537. The third-order valence-electron chi connectivity index (χ3n) is 2.33. The van der Waals surface area contributed by atoms with Crippen LogP contribution in [-0.2, 0) is 0 Å². The molecule has 0 heterocycles. The second kappa shape index (κ2) is 5.33. The Morgan fingerprint density at radius 2 is 1.62 bits per heavy atom. The maximum Gasteiger partial charge on any atom is 0.119 e. The Morgan fingerprint density at radius 3 is 2.38 bits per heavy atom. The lowest BCUT2D eigenvalue weighted by atomic mass is 10.1. The molecule has 2 N–H and O–H groups in total. The van der Waals surface area contributed by atoms with E-state index in [0.29, 0.717) is 13.2 Å². The van der Waals surface area contributed by atoms with Crippen LogP contribution in [0.25, 0.3) is 11.1 Å². The van der Waals surface area contributed by atoms with E-state index in [9.17, 15) is 0 Å². The molecule has 82 valence electrons. The first kappa shape index (κ1) is 10.7. The summed E-state index contributed by atoms with van der Waals surface area (Å²) < 4.78 is 5.49. The molecule has 0 unspecified atom stereocenters. The molecule has 0 aliphatic rings. The number of ether oxygens (including phenoxy) is 1. The van der Waals surface area contributed by atoms with Crippen molar-refractivity contribution < 1.29 is 4.74 Å². The molecule has 16 heavy (non-hydrogen) atoms. The molecule has 2 nitrogen and oxygen atoms in total. The van der Waals surface area contributed by atoms with Gasteiger partial charge in [-0.2, -0.15) is 0 Å². The highest BCUT2D eigenvalue weighted by Crippen LogP contribution is 2.23. The molecular formula is C14H15NO. The summed E-state index contributed by atoms with van der Waals surface area (Å²) >= 11 is 0. The first-order valence-electron chi connectivity index (χ1n) is 5.38. The van der Waals surface area contributed by atoms with Crippen LogP contribution in [0.1, 0.15) is 0 Å². The first-order chi connectivity index (χ1) is 7.90. The molecule has 2 aromatic rings. The molecule has 0 spiro atoms. The standard InChI is InChI=1S/C14H15NO/c15-9-10-16-14-8-4-7-13(11-14)12-5-2-1-3-6-12/h1-8,11H,9-10,15H2. The molecule has 2 rings (SSSR count). The molecule has 0 saturated heterocycles. The highest BCUT2D eigenvalue weighted by Gasteiger charge is 1.98. The third kappa shape index (κ3) is 2.61. The molecule has 0 fully saturated rings. The molecular weight excluding hydrogens is 198 g/mol. The van der Waals surface area contributed by atoms with Crippen molar-refractivity contribution in [3.05, 3.63) is 54.6 Å². The average molecular weight is 213 g/mol. The fourth-order valence-corrected chi connectivity index (χ4v) is 1.57. The van der Waals surface area contributed by atoms with Crippen molar-refractivity contribution in [2.75, 3.05) is 13.2 Å². The first-order valence-corrected chi connectivity index (χ1v) is 5.38. The fraction of sp³-hybridized carbons (Fsp3) is 0.143. The van der Waals surface area contributed by atoms with E-state index in [2.05, 4.69) is 18.2 Å². The highest BCUT2D eigenvalue weighted by atomic mass is 16.5. The molecule has 2 heteroatoms. The molecule has 0 aliphatic carbocycles. The van der Waals surface area contributed by atoms with Crippen LogP contribution in [-0.4, -0.2) is 13.2 Å². The van der Waals surface area contributed by atoms with Gasteiger partial charge in [-0.1, -0.05) is 42.5 Å². The van der Waals surface area contributed by atoms with Gasteiger partial charge in [0.1, 0.15) is 12.4 Å². The van der Waals surface area contributed by atoms with Gasteiger partial charge in [0.15, 0.2) is 0 Å². The zero-order chi connectivity index (χ0) is 11.2. The zero-order valence-electron chi connectivity index (χ0n) is 9.10. The van der Waals surface area contributed by atoms with Gasteiger partial charge >= 0.3 is 0 Å². The summed E-state index contributed by atoms with van der Waals surface area (Å²) in [6.45, 7) is 1.09. The van der Waals surface area contributed by atoms with Gasteiger partial charge in [-0.25, -0.2) is 0 Å². The van der Waals surface area contributed by atoms with Crippen LogP contribution in [0.4, 0.5) is 0 Å². The lowest BCUT2D eigenvalue weighted by Crippen LogP contribution is -2.10. The predicted octanol–water partition coefficient (Wildman–Crippen LogP) is 2.69. The van der Waals surface area contributed by atoms with Crippen molar-refractivity contribution >= 4 is 0 Å². The van der Waals surface area contributed by atoms with Gasteiger partial charge in [0, 0.05) is 6.54 Å². The van der Waals surface area contributed by atoms with Gasteiger partial charge in [0.05, 0.1) is 0 Å². The lowest BCUT2D eigenvalue weighted by molar-refractivity contribution is 0.328. The van der Waals surface area contributed by atoms with E-state index in [1.54, 1.807) is 0 Å². The van der Waals surface area contributed by atoms with E-state index in [4.69, 9.17) is 10.5 Å². The Balaban J connectivity index is 2.22. The van der Waals surface area contributed by atoms with E-state index < -0.39 is 0 Å². The van der Waals surface area contributed by atoms with Crippen LogP contribution < -0.4 is 10.5 Å². The monoisotopic (exact) mass is 213 g/mol. The molecule has 0 aliphatic heterocycles. The number of rotatable bonds is 4. The maximum absolute atomic E-state index is 5.49. The summed E-state index contributed by atoms with van der Waals surface area (Å²) in [5.41, 5.74) is 7.76. The maximum atomic E-state index is 5.49. The van der Waals surface area contributed by atoms with E-state index >= 15 is 0 Å².